The minimum atomic E-state index is -0.679. The van der Waals surface area contributed by atoms with Gasteiger partial charge in [-0.05, 0) is 24.3 Å². The number of rotatable bonds is 8. The number of quaternary nitrogens is 1. The monoisotopic (exact) mass is 450 g/mol. The topological polar surface area (TPSA) is 91.4 Å². The number of fused-ring (bicyclic) bond motifs is 1. The number of alkyl halides is 1. The van der Waals surface area contributed by atoms with E-state index < -0.39 is 6.17 Å². The number of hydrogen-bond donors (Lipinski definition) is 2. The second-order valence-electron chi connectivity index (χ2n) is 8.02. The molecule has 0 aliphatic carbocycles. The van der Waals surface area contributed by atoms with Gasteiger partial charge in [-0.1, -0.05) is 0 Å². The van der Waals surface area contributed by atoms with E-state index in [1.807, 2.05) is 43.6 Å². The van der Waals surface area contributed by atoms with E-state index in [9.17, 15) is 4.39 Å². The summed E-state index contributed by atoms with van der Waals surface area (Å²) in [6.07, 6.45) is 4.96. The molecular weight excluding hydrogens is 425 g/mol. The second kappa shape index (κ2) is 9.37. The zero-order valence-electron chi connectivity index (χ0n) is 18.2. The smallest absolute Gasteiger partial charge is 0.219 e. The molecule has 33 heavy (non-hydrogen) atoms. The molecular formula is C23H25FN7O2+. The number of hydrogen-bond acceptors (Lipinski definition) is 7. The lowest BCUT2D eigenvalue weighted by Gasteiger charge is -2.13. The van der Waals surface area contributed by atoms with E-state index in [4.69, 9.17) is 9.47 Å². The molecule has 0 saturated carbocycles. The van der Waals surface area contributed by atoms with Crippen molar-refractivity contribution in [1.82, 2.24) is 24.7 Å². The zero-order chi connectivity index (χ0) is 22.6. The molecule has 1 aromatic carbocycles. The Hall–Kier alpha value is -3.79. The first kappa shape index (κ1) is 21.1. The predicted molar refractivity (Wildman–Crippen MR) is 121 cm³/mol. The molecule has 9 nitrogen and oxygen atoms in total. The van der Waals surface area contributed by atoms with Crippen molar-refractivity contribution >= 4 is 22.5 Å². The summed E-state index contributed by atoms with van der Waals surface area (Å²) in [5, 5.41) is 8.35. The number of benzene rings is 1. The third-order valence-electron chi connectivity index (χ3n) is 5.54. The van der Waals surface area contributed by atoms with Gasteiger partial charge in [0.2, 0.25) is 5.88 Å². The fraction of sp³-hybridized carbons (Fsp3) is 0.304. The molecule has 2 N–H and O–H groups in total. The Kier molecular flexibility index (Phi) is 5.99. The van der Waals surface area contributed by atoms with Gasteiger partial charge in [0.15, 0.2) is 12.0 Å². The summed E-state index contributed by atoms with van der Waals surface area (Å²) < 4.78 is 26.6. The van der Waals surface area contributed by atoms with E-state index >= 15 is 0 Å². The van der Waals surface area contributed by atoms with E-state index in [-0.39, 0.29) is 0 Å². The van der Waals surface area contributed by atoms with Gasteiger partial charge in [0.25, 0.3) is 0 Å². The summed E-state index contributed by atoms with van der Waals surface area (Å²) in [5.74, 6) is 3.05. The number of pyridine rings is 1. The summed E-state index contributed by atoms with van der Waals surface area (Å²) in [4.78, 5) is 14.3. The lowest BCUT2D eigenvalue weighted by Crippen LogP contribution is -3.11. The molecule has 5 rings (SSSR count). The highest BCUT2D eigenvalue weighted by atomic mass is 19.1. The normalized spacial score (nSPS) is 17.9. The van der Waals surface area contributed by atoms with Crippen LogP contribution in [0.25, 0.3) is 10.9 Å². The molecule has 1 fully saturated rings. The highest BCUT2D eigenvalue weighted by Gasteiger charge is 2.25. The molecule has 2 atom stereocenters. The van der Waals surface area contributed by atoms with E-state index in [1.54, 1.807) is 16.9 Å². The number of aromatic nitrogens is 5. The quantitative estimate of drug-likeness (QED) is 0.426. The van der Waals surface area contributed by atoms with Gasteiger partial charge in [0, 0.05) is 37.2 Å². The first-order valence-corrected chi connectivity index (χ1v) is 10.9. The summed E-state index contributed by atoms with van der Waals surface area (Å²) in [6, 6.07) is 11.0. The number of nitrogens with zero attached hydrogens (tertiary/aromatic N) is 5. The molecule has 0 radical (unpaired) electrons. The third kappa shape index (κ3) is 5.17. The Labute approximate surface area is 190 Å². The number of nitrogens with one attached hydrogen (secondary N) is 2. The molecule has 1 aliphatic rings. The molecule has 4 heterocycles. The molecule has 1 saturated heterocycles. The Morgan fingerprint density at radius 1 is 1.15 bits per heavy atom. The number of halogens is 1. The van der Waals surface area contributed by atoms with Crippen molar-refractivity contribution in [3.8, 4) is 17.4 Å². The van der Waals surface area contributed by atoms with Crippen molar-refractivity contribution in [3.63, 3.8) is 0 Å². The number of ether oxygens (including phenoxy) is 2. The number of aryl methyl sites for hydroxylation is 1. The summed E-state index contributed by atoms with van der Waals surface area (Å²) in [7, 11) is 1.85. The maximum absolute atomic E-state index is 13.3. The van der Waals surface area contributed by atoms with Gasteiger partial charge in [0.1, 0.15) is 43.3 Å². The average Bonchev–Trinajstić information content (AvgIpc) is 3.43. The van der Waals surface area contributed by atoms with Crippen molar-refractivity contribution in [3.05, 3.63) is 55.1 Å². The van der Waals surface area contributed by atoms with E-state index in [1.165, 1.54) is 11.2 Å². The zero-order valence-corrected chi connectivity index (χ0v) is 18.2. The first-order valence-electron chi connectivity index (χ1n) is 10.9. The fourth-order valence-corrected chi connectivity index (χ4v) is 3.85. The van der Waals surface area contributed by atoms with Crippen LogP contribution in [0.3, 0.4) is 0 Å². The molecule has 4 aromatic rings. The van der Waals surface area contributed by atoms with Crippen LogP contribution in [0.5, 0.6) is 17.4 Å². The second-order valence-corrected chi connectivity index (χ2v) is 8.02. The maximum atomic E-state index is 13.3. The molecule has 0 spiro atoms. The van der Waals surface area contributed by atoms with Crippen LogP contribution in [-0.2, 0) is 7.05 Å². The van der Waals surface area contributed by atoms with Crippen LogP contribution in [-0.4, -0.2) is 57.1 Å². The summed E-state index contributed by atoms with van der Waals surface area (Å²) in [5.41, 5.74) is 0.784. The Bertz CT molecular complexity index is 1230. The molecule has 0 bridgehead atoms. The van der Waals surface area contributed by atoms with Crippen LogP contribution in [0.2, 0.25) is 0 Å². The first-order chi connectivity index (χ1) is 16.1. The van der Waals surface area contributed by atoms with Gasteiger partial charge in [-0.15, -0.1) is 0 Å². The summed E-state index contributed by atoms with van der Waals surface area (Å²) in [6.45, 7) is 2.75. The Morgan fingerprint density at radius 2 is 2.06 bits per heavy atom. The van der Waals surface area contributed by atoms with Crippen molar-refractivity contribution in [2.24, 2.45) is 7.05 Å². The van der Waals surface area contributed by atoms with E-state index in [0.29, 0.717) is 48.6 Å². The minimum Gasteiger partial charge on any atom is -0.486 e. The molecule has 0 amide bonds. The van der Waals surface area contributed by atoms with E-state index in [0.717, 1.165) is 24.0 Å². The SMILES string of the molecule is Cn1ccc(Nc2ncnc3ccc(Oc4ccc(OCC[NH+]5CC[C@@H](F)C5)cn4)cc23)n1. The van der Waals surface area contributed by atoms with Gasteiger partial charge < -0.3 is 19.7 Å². The molecule has 3 aromatic heterocycles. The third-order valence-corrected chi connectivity index (χ3v) is 5.54. The van der Waals surface area contributed by atoms with Crippen molar-refractivity contribution < 1.29 is 18.8 Å². The van der Waals surface area contributed by atoms with Crippen LogP contribution in [0.4, 0.5) is 16.0 Å². The largest absolute Gasteiger partial charge is 0.486 e. The van der Waals surface area contributed by atoms with Crippen LogP contribution < -0.4 is 19.7 Å². The standard InChI is InChI=1S/C23H24FN7O2/c1-30-8-7-21(29-30)28-23-19-12-17(2-4-20(19)26-15-27-23)33-22-5-3-18(13-25-22)32-11-10-31-9-6-16(24)14-31/h2-5,7-8,12-13,15-16H,6,9-11,14H2,1H3,(H,26,27,28,29)/p+1/t16-/m1/s1. The van der Waals surface area contributed by atoms with Gasteiger partial charge in [-0.25, -0.2) is 19.3 Å². The number of anilines is 2. The van der Waals surface area contributed by atoms with Crippen molar-refractivity contribution in [2.45, 2.75) is 12.6 Å². The lowest BCUT2D eigenvalue weighted by atomic mass is 10.2. The predicted octanol–water partition coefficient (Wildman–Crippen LogP) is 2.30. The highest BCUT2D eigenvalue weighted by Crippen LogP contribution is 2.28. The highest BCUT2D eigenvalue weighted by molar-refractivity contribution is 5.91. The summed E-state index contributed by atoms with van der Waals surface area (Å²) >= 11 is 0. The minimum absolute atomic E-state index is 0.447. The van der Waals surface area contributed by atoms with Crippen molar-refractivity contribution in [1.29, 1.82) is 0 Å². The molecule has 1 aliphatic heterocycles. The average molecular weight is 450 g/mol. The maximum Gasteiger partial charge on any atom is 0.219 e. The molecule has 10 heteroatoms. The molecule has 170 valence electrons. The van der Waals surface area contributed by atoms with Gasteiger partial charge >= 0.3 is 0 Å². The van der Waals surface area contributed by atoms with Gasteiger partial charge in [-0.2, -0.15) is 5.10 Å². The van der Waals surface area contributed by atoms with Gasteiger partial charge in [-0.3, -0.25) is 4.68 Å². The van der Waals surface area contributed by atoms with Crippen LogP contribution >= 0.6 is 0 Å². The Morgan fingerprint density at radius 3 is 2.82 bits per heavy atom. The lowest BCUT2D eigenvalue weighted by molar-refractivity contribution is -0.888. The Balaban J connectivity index is 1.23. The van der Waals surface area contributed by atoms with E-state index in [2.05, 4.69) is 25.4 Å². The van der Waals surface area contributed by atoms with Crippen LogP contribution in [0.15, 0.2) is 55.1 Å². The van der Waals surface area contributed by atoms with Crippen LogP contribution in [0, 0.1) is 0 Å². The van der Waals surface area contributed by atoms with Gasteiger partial charge in [0.05, 0.1) is 18.3 Å². The van der Waals surface area contributed by atoms with Crippen LogP contribution in [0.1, 0.15) is 6.42 Å². The fourth-order valence-electron chi connectivity index (χ4n) is 3.85. The number of likely N-dealkylation sites (tertiary alicyclic amines) is 1. The molecule has 1 unspecified atom stereocenters. The van der Waals surface area contributed by atoms with Crippen molar-refractivity contribution in [2.75, 3.05) is 31.6 Å².